The van der Waals surface area contributed by atoms with Gasteiger partial charge in [0.1, 0.15) is 11.4 Å². The van der Waals surface area contributed by atoms with E-state index in [1.165, 1.54) is 31.9 Å². The average molecular weight is 250 g/mol. The number of H-pyrrole nitrogens is 1. The maximum Gasteiger partial charge on any atom is 0.256 e. The van der Waals surface area contributed by atoms with E-state index in [4.69, 9.17) is 5.73 Å². The number of aromatic amines is 1. The number of hydrogen-bond acceptors (Lipinski definition) is 3. The molecule has 0 aliphatic heterocycles. The summed E-state index contributed by atoms with van der Waals surface area (Å²) in [6.45, 7) is 2.23. The smallest absolute Gasteiger partial charge is 0.256 e. The van der Waals surface area contributed by atoms with E-state index in [-0.39, 0.29) is 5.91 Å². The van der Waals surface area contributed by atoms with Crippen LogP contribution in [-0.4, -0.2) is 22.1 Å². The molecule has 0 radical (unpaired) electrons. The lowest BCUT2D eigenvalue weighted by Crippen LogP contribution is -2.37. The molecule has 1 aromatic heterocycles. The number of anilines is 1. The van der Waals surface area contributed by atoms with Gasteiger partial charge in [0.15, 0.2) is 0 Å². The zero-order valence-electron chi connectivity index (χ0n) is 10.9. The third-order valence-corrected chi connectivity index (χ3v) is 3.79. The molecule has 0 saturated heterocycles. The molecule has 1 aliphatic carbocycles. The van der Waals surface area contributed by atoms with Crippen LogP contribution >= 0.6 is 0 Å². The summed E-state index contributed by atoms with van der Waals surface area (Å²) in [5, 5.41) is 9.38. The van der Waals surface area contributed by atoms with Crippen molar-refractivity contribution in [1.82, 2.24) is 15.5 Å². The van der Waals surface area contributed by atoms with Crippen molar-refractivity contribution in [3.8, 4) is 0 Å². The van der Waals surface area contributed by atoms with Crippen molar-refractivity contribution in [2.75, 3.05) is 5.73 Å². The van der Waals surface area contributed by atoms with Gasteiger partial charge in [0.2, 0.25) is 0 Å². The Morgan fingerprint density at radius 1 is 1.50 bits per heavy atom. The standard InChI is InChI=1S/C13H22N4O/c1-2-3-9-4-6-10(7-5-9)16-13(18)11-8-15-17-12(11)14/h8-10H,2-7H2,1H3,(H,16,18)(H3,14,15,17). The SMILES string of the molecule is CCCC1CCC(NC(=O)c2cn[nH]c2N)CC1. The molecule has 5 heteroatoms. The number of carbonyl (C=O) groups excluding carboxylic acids is 1. The van der Waals surface area contributed by atoms with Crippen LogP contribution in [0.25, 0.3) is 0 Å². The van der Waals surface area contributed by atoms with Crippen molar-refractivity contribution in [1.29, 1.82) is 0 Å². The summed E-state index contributed by atoms with van der Waals surface area (Å²) in [5.74, 6) is 1.08. The highest BCUT2D eigenvalue weighted by Gasteiger charge is 2.23. The van der Waals surface area contributed by atoms with Crippen molar-refractivity contribution < 1.29 is 4.79 Å². The summed E-state index contributed by atoms with van der Waals surface area (Å²) >= 11 is 0. The summed E-state index contributed by atoms with van der Waals surface area (Å²) in [5.41, 5.74) is 6.08. The maximum absolute atomic E-state index is 12.0. The number of nitrogen functional groups attached to an aromatic ring is 1. The third kappa shape index (κ3) is 3.03. The van der Waals surface area contributed by atoms with Crippen molar-refractivity contribution in [2.24, 2.45) is 5.92 Å². The second kappa shape index (κ2) is 5.89. The Morgan fingerprint density at radius 2 is 2.22 bits per heavy atom. The van der Waals surface area contributed by atoms with E-state index in [1.807, 2.05) is 0 Å². The molecule has 2 rings (SSSR count). The maximum atomic E-state index is 12.0. The first-order valence-corrected chi connectivity index (χ1v) is 6.80. The minimum atomic E-state index is -0.111. The van der Waals surface area contributed by atoms with Crippen molar-refractivity contribution in [3.05, 3.63) is 11.8 Å². The van der Waals surface area contributed by atoms with Crippen LogP contribution < -0.4 is 11.1 Å². The predicted octanol–water partition coefficient (Wildman–Crippen LogP) is 2.08. The molecule has 0 atom stereocenters. The van der Waals surface area contributed by atoms with Crippen LogP contribution in [0.4, 0.5) is 5.82 Å². The van der Waals surface area contributed by atoms with Crippen LogP contribution in [0.2, 0.25) is 0 Å². The fourth-order valence-electron chi connectivity index (χ4n) is 2.74. The summed E-state index contributed by atoms with van der Waals surface area (Å²) < 4.78 is 0. The monoisotopic (exact) mass is 250 g/mol. The van der Waals surface area contributed by atoms with Crippen LogP contribution in [0.15, 0.2) is 6.20 Å². The zero-order valence-corrected chi connectivity index (χ0v) is 10.9. The van der Waals surface area contributed by atoms with Gasteiger partial charge in [-0.2, -0.15) is 5.10 Å². The minimum absolute atomic E-state index is 0.111. The Kier molecular flexibility index (Phi) is 4.23. The van der Waals surface area contributed by atoms with Crippen LogP contribution in [0.5, 0.6) is 0 Å². The average Bonchev–Trinajstić information content (AvgIpc) is 2.78. The van der Waals surface area contributed by atoms with Gasteiger partial charge >= 0.3 is 0 Å². The highest BCUT2D eigenvalue weighted by Crippen LogP contribution is 2.27. The molecular weight excluding hydrogens is 228 g/mol. The molecule has 1 saturated carbocycles. The first kappa shape index (κ1) is 12.9. The summed E-state index contributed by atoms with van der Waals surface area (Å²) in [7, 11) is 0. The van der Waals surface area contributed by atoms with Crippen molar-refractivity contribution >= 4 is 11.7 Å². The molecule has 1 aliphatic rings. The van der Waals surface area contributed by atoms with E-state index in [2.05, 4.69) is 22.4 Å². The molecule has 5 nitrogen and oxygen atoms in total. The first-order chi connectivity index (χ1) is 8.70. The normalized spacial score (nSPS) is 23.8. The number of hydrogen-bond donors (Lipinski definition) is 3. The Hall–Kier alpha value is -1.52. The molecule has 0 aromatic carbocycles. The molecule has 0 spiro atoms. The van der Waals surface area contributed by atoms with E-state index in [9.17, 15) is 4.79 Å². The van der Waals surface area contributed by atoms with Gasteiger partial charge in [0.05, 0.1) is 6.20 Å². The molecule has 0 bridgehead atoms. The predicted molar refractivity (Wildman–Crippen MR) is 71.1 cm³/mol. The number of aromatic nitrogens is 2. The van der Waals surface area contributed by atoms with Crippen LogP contribution in [0.3, 0.4) is 0 Å². The Labute approximate surface area is 108 Å². The van der Waals surface area contributed by atoms with Gasteiger partial charge in [-0.3, -0.25) is 9.89 Å². The zero-order chi connectivity index (χ0) is 13.0. The van der Waals surface area contributed by atoms with Crippen molar-refractivity contribution in [2.45, 2.75) is 51.5 Å². The van der Waals surface area contributed by atoms with E-state index < -0.39 is 0 Å². The largest absolute Gasteiger partial charge is 0.383 e. The molecule has 1 aromatic rings. The number of nitrogens with zero attached hydrogens (tertiary/aromatic N) is 1. The molecular formula is C13H22N4O. The fraction of sp³-hybridized carbons (Fsp3) is 0.692. The first-order valence-electron chi connectivity index (χ1n) is 6.80. The van der Waals surface area contributed by atoms with Gasteiger partial charge in [-0.15, -0.1) is 0 Å². The van der Waals surface area contributed by atoms with Crippen LogP contribution in [-0.2, 0) is 0 Å². The molecule has 100 valence electrons. The van der Waals surface area contributed by atoms with E-state index >= 15 is 0 Å². The van der Waals surface area contributed by atoms with Gasteiger partial charge in [-0.05, 0) is 31.6 Å². The highest BCUT2D eigenvalue weighted by atomic mass is 16.1. The summed E-state index contributed by atoms with van der Waals surface area (Å²) in [4.78, 5) is 12.0. The van der Waals surface area contributed by atoms with Crippen LogP contribution in [0, 0.1) is 5.92 Å². The van der Waals surface area contributed by atoms with Gasteiger partial charge in [0, 0.05) is 6.04 Å². The molecule has 18 heavy (non-hydrogen) atoms. The van der Waals surface area contributed by atoms with Gasteiger partial charge in [0.25, 0.3) is 5.91 Å². The van der Waals surface area contributed by atoms with Gasteiger partial charge < -0.3 is 11.1 Å². The second-order valence-corrected chi connectivity index (χ2v) is 5.18. The second-order valence-electron chi connectivity index (χ2n) is 5.18. The number of nitrogens with one attached hydrogen (secondary N) is 2. The van der Waals surface area contributed by atoms with E-state index in [1.54, 1.807) is 0 Å². The lowest BCUT2D eigenvalue weighted by atomic mass is 9.83. The Bertz CT molecular complexity index is 393. The summed E-state index contributed by atoms with van der Waals surface area (Å²) in [6.07, 6.45) is 8.65. The molecule has 4 N–H and O–H groups in total. The summed E-state index contributed by atoms with van der Waals surface area (Å²) in [6, 6.07) is 0.292. The number of nitrogens with two attached hydrogens (primary N) is 1. The van der Waals surface area contributed by atoms with Gasteiger partial charge in [-0.25, -0.2) is 0 Å². The lowest BCUT2D eigenvalue weighted by Gasteiger charge is -2.28. The number of carbonyl (C=O) groups is 1. The molecule has 1 heterocycles. The van der Waals surface area contributed by atoms with Gasteiger partial charge in [-0.1, -0.05) is 19.8 Å². The Balaban J connectivity index is 1.81. The molecule has 1 fully saturated rings. The highest BCUT2D eigenvalue weighted by molar-refractivity contribution is 5.98. The minimum Gasteiger partial charge on any atom is -0.383 e. The van der Waals surface area contributed by atoms with Crippen LogP contribution in [0.1, 0.15) is 55.8 Å². The quantitative estimate of drug-likeness (QED) is 0.765. The van der Waals surface area contributed by atoms with E-state index in [0.29, 0.717) is 17.4 Å². The number of amides is 1. The lowest BCUT2D eigenvalue weighted by molar-refractivity contribution is 0.0922. The molecule has 1 amide bonds. The molecule has 0 unspecified atom stereocenters. The fourth-order valence-corrected chi connectivity index (χ4v) is 2.74. The third-order valence-electron chi connectivity index (χ3n) is 3.79. The van der Waals surface area contributed by atoms with E-state index in [0.717, 1.165) is 18.8 Å². The topological polar surface area (TPSA) is 83.8 Å². The van der Waals surface area contributed by atoms with Crippen molar-refractivity contribution in [3.63, 3.8) is 0 Å². The Morgan fingerprint density at radius 3 is 2.78 bits per heavy atom. The number of rotatable bonds is 4.